The molecule has 66 valence electrons. The molecule has 1 rings (SSSR count). The molecule has 1 aromatic heterocycles. The van der Waals surface area contributed by atoms with Gasteiger partial charge in [0, 0.05) is 24.6 Å². The molecule has 5 heteroatoms. The van der Waals surface area contributed by atoms with Crippen LogP contribution in [0.3, 0.4) is 0 Å². The van der Waals surface area contributed by atoms with Crippen LogP contribution in [-0.2, 0) is 0 Å². The molecule has 0 aromatic carbocycles. The van der Waals surface area contributed by atoms with Crippen molar-refractivity contribution < 1.29 is 5.11 Å². The zero-order chi connectivity index (χ0) is 8.81. The van der Waals surface area contributed by atoms with Crippen molar-refractivity contribution in [3.05, 3.63) is 19.0 Å². The molecule has 0 aliphatic rings. The predicted molar refractivity (Wildman–Crippen MR) is 49.4 cm³/mol. The summed E-state index contributed by atoms with van der Waals surface area (Å²) in [6.07, 6.45) is 3.28. The fourth-order valence-corrected chi connectivity index (χ4v) is 1.41. The highest BCUT2D eigenvalue weighted by molar-refractivity contribution is 7.09. The lowest BCUT2D eigenvalue weighted by atomic mass is 10.5. The summed E-state index contributed by atoms with van der Waals surface area (Å²) in [6, 6.07) is 0. The topological polar surface area (TPSA) is 49.2 Å². The second-order valence-electron chi connectivity index (χ2n) is 2.18. The number of nitrogens with zero attached hydrogens (tertiary/aromatic N) is 3. The molecule has 0 saturated heterocycles. The molecule has 12 heavy (non-hydrogen) atoms. The molecule has 4 nitrogen and oxygen atoms in total. The molecule has 0 unspecified atom stereocenters. The lowest BCUT2D eigenvalue weighted by Crippen LogP contribution is -2.26. The minimum atomic E-state index is 0.118. The summed E-state index contributed by atoms with van der Waals surface area (Å²) >= 11 is 1.32. The van der Waals surface area contributed by atoms with Crippen LogP contribution < -0.4 is 4.90 Å². The lowest BCUT2D eigenvalue weighted by Gasteiger charge is -2.17. The van der Waals surface area contributed by atoms with Crippen molar-refractivity contribution in [3.8, 4) is 0 Å². The second kappa shape index (κ2) is 4.84. The summed E-state index contributed by atoms with van der Waals surface area (Å²) in [6.45, 7) is 5.01. The van der Waals surface area contributed by atoms with Gasteiger partial charge >= 0.3 is 0 Å². The molecule has 1 N–H and O–H groups in total. The Hall–Kier alpha value is -0.940. The summed E-state index contributed by atoms with van der Waals surface area (Å²) < 4.78 is 3.88. The molecular weight excluding hydrogens is 174 g/mol. The Kier molecular flexibility index (Phi) is 3.69. The maximum absolute atomic E-state index is 8.74. The fraction of sp³-hybridized carbons (Fsp3) is 0.429. The van der Waals surface area contributed by atoms with Crippen LogP contribution in [0.15, 0.2) is 19.0 Å². The Bertz CT molecular complexity index is 225. The molecule has 1 heterocycles. The van der Waals surface area contributed by atoms with E-state index in [0.717, 1.165) is 5.13 Å². The zero-order valence-corrected chi connectivity index (χ0v) is 7.50. The third-order valence-electron chi connectivity index (χ3n) is 1.34. The number of aromatic nitrogens is 2. The van der Waals surface area contributed by atoms with Gasteiger partial charge < -0.3 is 10.0 Å². The van der Waals surface area contributed by atoms with Gasteiger partial charge in [0.25, 0.3) is 0 Å². The molecule has 0 fully saturated rings. The van der Waals surface area contributed by atoms with Gasteiger partial charge in [-0.15, -0.1) is 6.58 Å². The Morgan fingerprint density at radius 2 is 2.58 bits per heavy atom. The SMILES string of the molecule is C=CCN(CCO)c1ncns1. The van der Waals surface area contributed by atoms with Gasteiger partial charge in [0.05, 0.1) is 6.61 Å². The van der Waals surface area contributed by atoms with Gasteiger partial charge in [0.15, 0.2) is 0 Å². The Morgan fingerprint density at radius 1 is 1.75 bits per heavy atom. The first-order valence-electron chi connectivity index (χ1n) is 3.62. The number of hydrogen-bond acceptors (Lipinski definition) is 5. The van der Waals surface area contributed by atoms with Crippen LogP contribution in [-0.4, -0.2) is 34.2 Å². The highest BCUT2D eigenvalue weighted by Gasteiger charge is 2.05. The van der Waals surface area contributed by atoms with Crippen LogP contribution in [0.25, 0.3) is 0 Å². The van der Waals surface area contributed by atoms with Gasteiger partial charge in [-0.2, -0.15) is 4.37 Å². The molecular formula is C7H11N3OS. The van der Waals surface area contributed by atoms with E-state index in [1.54, 1.807) is 6.08 Å². The highest BCUT2D eigenvalue weighted by Crippen LogP contribution is 2.13. The first kappa shape index (κ1) is 9.15. The fourth-order valence-electron chi connectivity index (χ4n) is 0.848. The van der Waals surface area contributed by atoms with Gasteiger partial charge in [-0.25, -0.2) is 4.98 Å². The van der Waals surface area contributed by atoms with E-state index in [9.17, 15) is 0 Å². The molecule has 0 amide bonds. The van der Waals surface area contributed by atoms with Crippen molar-refractivity contribution in [2.75, 3.05) is 24.6 Å². The molecule has 0 radical (unpaired) electrons. The Balaban J connectivity index is 2.59. The summed E-state index contributed by atoms with van der Waals surface area (Å²) in [7, 11) is 0. The standard InChI is InChI=1S/C7H11N3OS/c1-2-3-10(4-5-11)7-8-6-9-12-7/h2,6,11H,1,3-5H2. The largest absolute Gasteiger partial charge is 0.395 e. The molecule has 0 spiro atoms. The van der Waals surface area contributed by atoms with Crippen LogP contribution in [0.2, 0.25) is 0 Å². The van der Waals surface area contributed by atoms with E-state index < -0.39 is 0 Å². The number of aliphatic hydroxyl groups is 1. The van der Waals surface area contributed by atoms with Crippen molar-refractivity contribution in [1.29, 1.82) is 0 Å². The third-order valence-corrected chi connectivity index (χ3v) is 2.07. The summed E-state index contributed by atoms with van der Waals surface area (Å²) in [4.78, 5) is 5.95. The first-order chi connectivity index (χ1) is 5.88. The van der Waals surface area contributed by atoms with Gasteiger partial charge in [0.1, 0.15) is 6.33 Å². The minimum absolute atomic E-state index is 0.118. The number of aliphatic hydroxyl groups excluding tert-OH is 1. The average molecular weight is 185 g/mol. The maximum atomic E-state index is 8.74. The minimum Gasteiger partial charge on any atom is -0.395 e. The van der Waals surface area contributed by atoms with Crippen LogP contribution >= 0.6 is 11.5 Å². The van der Waals surface area contributed by atoms with E-state index in [-0.39, 0.29) is 6.61 Å². The van der Waals surface area contributed by atoms with Crippen molar-refractivity contribution in [2.45, 2.75) is 0 Å². The van der Waals surface area contributed by atoms with Gasteiger partial charge in [-0.1, -0.05) is 6.08 Å². The third kappa shape index (κ3) is 2.28. The molecule has 0 saturated carbocycles. The molecule has 0 bridgehead atoms. The summed E-state index contributed by atoms with van der Waals surface area (Å²) in [5.74, 6) is 0. The van der Waals surface area contributed by atoms with E-state index in [1.807, 2.05) is 4.90 Å². The van der Waals surface area contributed by atoms with E-state index in [0.29, 0.717) is 13.1 Å². The maximum Gasteiger partial charge on any atom is 0.205 e. The van der Waals surface area contributed by atoms with Gasteiger partial charge in [-0.05, 0) is 0 Å². The van der Waals surface area contributed by atoms with Gasteiger partial charge in [0.2, 0.25) is 5.13 Å². The van der Waals surface area contributed by atoms with Gasteiger partial charge in [-0.3, -0.25) is 0 Å². The van der Waals surface area contributed by atoms with E-state index in [4.69, 9.17) is 5.11 Å². The van der Waals surface area contributed by atoms with E-state index in [1.165, 1.54) is 17.9 Å². The smallest absolute Gasteiger partial charge is 0.205 e. The molecule has 0 aliphatic heterocycles. The highest BCUT2D eigenvalue weighted by atomic mass is 32.1. The Morgan fingerprint density at radius 3 is 3.08 bits per heavy atom. The molecule has 1 aromatic rings. The summed E-state index contributed by atoms with van der Waals surface area (Å²) in [5.41, 5.74) is 0. The number of hydrogen-bond donors (Lipinski definition) is 1. The van der Waals surface area contributed by atoms with E-state index in [2.05, 4.69) is 15.9 Å². The van der Waals surface area contributed by atoms with Crippen LogP contribution in [0.1, 0.15) is 0 Å². The van der Waals surface area contributed by atoms with Crippen molar-refractivity contribution in [2.24, 2.45) is 0 Å². The van der Waals surface area contributed by atoms with E-state index >= 15 is 0 Å². The second-order valence-corrected chi connectivity index (χ2v) is 2.94. The molecule has 0 atom stereocenters. The molecule has 0 aliphatic carbocycles. The lowest BCUT2D eigenvalue weighted by molar-refractivity contribution is 0.303. The van der Waals surface area contributed by atoms with Crippen molar-refractivity contribution in [3.63, 3.8) is 0 Å². The number of rotatable bonds is 5. The van der Waals surface area contributed by atoms with Crippen molar-refractivity contribution >= 4 is 16.7 Å². The normalized spacial score (nSPS) is 9.75. The zero-order valence-electron chi connectivity index (χ0n) is 6.68. The monoisotopic (exact) mass is 185 g/mol. The van der Waals surface area contributed by atoms with Crippen molar-refractivity contribution in [1.82, 2.24) is 9.36 Å². The van der Waals surface area contributed by atoms with Crippen LogP contribution in [0.4, 0.5) is 5.13 Å². The Labute approximate surface area is 75.3 Å². The quantitative estimate of drug-likeness (QED) is 0.679. The predicted octanol–water partition coefficient (Wildman–Crippen LogP) is 0.523. The number of anilines is 1. The van der Waals surface area contributed by atoms with Crippen LogP contribution in [0.5, 0.6) is 0 Å². The summed E-state index contributed by atoms with van der Waals surface area (Å²) in [5, 5.41) is 9.57. The average Bonchev–Trinajstić information content (AvgIpc) is 2.56. The first-order valence-corrected chi connectivity index (χ1v) is 4.39. The van der Waals surface area contributed by atoms with Crippen LogP contribution in [0, 0.1) is 0 Å².